The van der Waals surface area contributed by atoms with Crippen molar-refractivity contribution in [1.82, 2.24) is 9.80 Å². The molecule has 0 aromatic carbocycles. The Bertz CT molecular complexity index is 470. The zero-order valence-electron chi connectivity index (χ0n) is 16.5. The SMILES string of the molecule is CCN(CC(=O)O)C1CCN(C(=O)CC2CC(C)CC(C)(C)C2)CC1. The van der Waals surface area contributed by atoms with Crippen LogP contribution in [-0.4, -0.2) is 59.0 Å². The number of hydrogen-bond donors (Lipinski definition) is 1. The summed E-state index contributed by atoms with van der Waals surface area (Å²) in [5, 5.41) is 9.03. The van der Waals surface area contributed by atoms with Gasteiger partial charge in [-0.3, -0.25) is 14.5 Å². The molecule has 0 bridgehead atoms. The number of rotatable bonds is 6. The van der Waals surface area contributed by atoms with Crippen LogP contribution in [0.1, 0.15) is 66.2 Å². The number of carbonyl (C=O) groups is 2. The Morgan fingerprint density at radius 3 is 2.36 bits per heavy atom. The molecule has 0 radical (unpaired) electrons. The maximum absolute atomic E-state index is 12.7. The quantitative estimate of drug-likeness (QED) is 0.797. The second-order valence-electron chi connectivity index (χ2n) is 9.05. The van der Waals surface area contributed by atoms with Gasteiger partial charge in [0.25, 0.3) is 0 Å². The first-order chi connectivity index (χ1) is 11.7. The Morgan fingerprint density at radius 1 is 1.20 bits per heavy atom. The van der Waals surface area contributed by atoms with Crippen LogP contribution in [0, 0.1) is 17.3 Å². The molecule has 0 aromatic rings. The van der Waals surface area contributed by atoms with Crippen LogP contribution in [0.2, 0.25) is 0 Å². The highest BCUT2D eigenvalue weighted by Crippen LogP contribution is 2.43. The van der Waals surface area contributed by atoms with E-state index in [0.717, 1.165) is 38.9 Å². The molecule has 144 valence electrons. The maximum atomic E-state index is 12.7. The number of carboxylic acids is 1. The summed E-state index contributed by atoms with van der Waals surface area (Å²) in [6, 6.07) is 0.291. The van der Waals surface area contributed by atoms with Gasteiger partial charge in [0.1, 0.15) is 0 Å². The molecule has 2 aliphatic rings. The van der Waals surface area contributed by atoms with Crippen LogP contribution in [0.5, 0.6) is 0 Å². The number of piperidine rings is 1. The van der Waals surface area contributed by atoms with Gasteiger partial charge < -0.3 is 10.0 Å². The molecular weight excluding hydrogens is 316 g/mol. The lowest BCUT2D eigenvalue weighted by molar-refractivity contribution is -0.140. The van der Waals surface area contributed by atoms with Crippen molar-refractivity contribution in [3.63, 3.8) is 0 Å². The maximum Gasteiger partial charge on any atom is 0.317 e. The van der Waals surface area contributed by atoms with Crippen molar-refractivity contribution in [3.8, 4) is 0 Å². The number of nitrogens with zero attached hydrogens (tertiary/aromatic N) is 2. The highest BCUT2D eigenvalue weighted by Gasteiger charge is 2.34. The molecule has 1 amide bonds. The molecule has 2 rings (SSSR count). The van der Waals surface area contributed by atoms with E-state index in [2.05, 4.69) is 20.8 Å². The van der Waals surface area contributed by atoms with Gasteiger partial charge in [-0.1, -0.05) is 27.7 Å². The van der Waals surface area contributed by atoms with Crippen molar-refractivity contribution in [2.75, 3.05) is 26.2 Å². The molecule has 0 spiro atoms. The van der Waals surface area contributed by atoms with Crippen molar-refractivity contribution in [2.45, 2.75) is 72.3 Å². The summed E-state index contributed by atoms with van der Waals surface area (Å²) in [4.78, 5) is 27.7. The molecule has 2 fully saturated rings. The second-order valence-corrected chi connectivity index (χ2v) is 9.05. The van der Waals surface area contributed by atoms with Crippen LogP contribution < -0.4 is 0 Å². The smallest absolute Gasteiger partial charge is 0.317 e. The van der Waals surface area contributed by atoms with Crippen LogP contribution in [-0.2, 0) is 9.59 Å². The lowest BCUT2D eigenvalue weighted by atomic mass is 9.67. The van der Waals surface area contributed by atoms with E-state index in [4.69, 9.17) is 5.11 Å². The molecule has 2 atom stereocenters. The molecule has 1 saturated heterocycles. The summed E-state index contributed by atoms with van der Waals surface area (Å²) in [6.07, 6.45) is 6.05. The molecule has 5 heteroatoms. The summed E-state index contributed by atoms with van der Waals surface area (Å²) in [5.74, 6) is 0.758. The first-order valence-electron chi connectivity index (χ1n) is 9.93. The van der Waals surface area contributed by atoms with Gasteiger partial charge in [-0.2, -0.15) is 0 Å². The minimum absolute atomic E-state index is 0.101. The van der Waals surface area contributed by atoms with Crippen LogP contribution in [0.25, 0.3) is 0 Å². The van der Waals surface area contributed by atoms with E-state index >= 15 is 0 Å². The van der Waals surface area contributed by atoms with Gasteiger partial charge in [-0.05, 0) is 55.9 Å². The molecule has 1 saturated carbocycles. The monoisotopic (exact) mass is 352 g/mol. The Balaban J connectivity index is 1.82. The fourth-order valence-corrected chi connectivity index (χ4v) is 5.23. The van der Waals surface area contributed by atoms with Gasteiger partial charge in [-0.15, -0.1) is 0 Å². The van der Waals surface area contributed by atoms with E-state index in [0.29, 0.717) is 35.6 Å². The summed E-state index contributed by atoms with van der Waals surface area (Å²) < 4.78 is 0. The number of aliphatic carboxylic acids is 1. The number of hydrogen-bond acceptors (Lipinski definition) is 3. The van der Waals surface area contributed by atoms with E-state index in [9.17, 15) is 9.59 Å². The van der Waals surface area contributed by atoms with Gasteiger partial charge >= 0.3 is 5.97 Å². The van der Waals surface area contributed by atoms with E-state index in [-0.39, 0.29) is 6.54 Å². The van der Waals surface area contributed by atoms with Crippen LogP contribution in [0.3, 0.4) is 0 Å². The van der Waals surface area contributed by atoms with Crippen molar-refractivity contribution >= 4 is 11.9 Å². The Labute approximate surface area is 152 Å². The zero-order valence-corrected chi connectivity index (χ0v) is 16.5. The molecule has 1 aliphatic heterocycles. The molecule has 1 aliphatic carbocycles. The summed E-state index contributed by atoms with van der Waals surface area (Å²) in [7, 11) is 0. The normalized spacial score (nSPS) is 27.5. The van der Waals surface area contributed by atoms with Gasteiger partial charge in [0, 0.05) is 25.6 Å². The van der Waals surface area contributed by atoms with E-state index in [1.807, 2.05) is 16.7 Å². The van der Waals surface area contributed by atoms with Crippen molar-refractivity contribution in [3.05, 3.63) is 0 Å². The molecule has 2 unspecified atom stereocenters. The van der Waals surface area contributed by atoms with E-state index < -0.39 is 5.97 Å². The highest BCUT2D eigenvalue weighted by molar-refractivity contribution is 5.76. The lowest BCUT2D eigenvalue weighted by Crippen LogP contribution is -2.48. The molecule has 1 heterocycles. The second kappa shape index (κ2) is 8.52. The standard InChI is InChI=1S/C20H36N2O3/c1-5-21(14-19(24)25)17-6-8-22(9-7-17)18(23)11-16-10-15(2)12-20(3,4)13-16/h15-17H,5-14H2,1-4H3,(H,24,25). The number of carboxylic acid groups (broad SMARTS) is 1. The largest absolute Gasteiger partial charge is 0.480 e. The van der Waals surface area contributed by atoms with E-state index in [1.54, 1.807) is 0 Å². The summed E-state index contributed by atoms with van der Waals surface area (Å²) in [5.41, 5.74) is 0.355. The zero-order chi connectivity index (χ0) is 18.6. The Hall–Kier alpha value is -1.10. The van der Waals surface area contributed by atoms with Crippen LogP contribution in [0.15, 0.2) is 0 Å². The third kappa shape index (κ3) is 5.98. The van der Waals surface area contributed by atoms with Crippen molar-refractivity contribution in [1.29, 1.82) is 0 Å². The van der Waals surface area contributed by atoms with Crippen LogP contribution >= 0.6 is 0 Å². The molecular formula is C20H36N2O3. The average molecular weight is 353 g/mol. The van der Waals surface area contributed by atoms with Gasteiger partial charge in [0.15, 0.2) is 0 Å². The van der Waals surface area contributed by atoms with Crippen molar-refractivity contribution < 1.29 is 14.7 Å². The van der Waals surface area contributed by atoms with Crippen molar-refractivity contribution in [2.24, 2.45) is 17.3 Å². The van der Waals surface area contributed by atoms with Gasteiger partial charge in [0.2, 0.25) is 5.91 Å². The fraction of sp³-hybridized carbons (Fsp3) is 0.900. The predicted octanol–water partition coefficient (Wildman–Crippen LogP) is 3.24. The third-order valence-corrected chi connectivity index (χ3v) is 6.02. The lowest BCUT2D eigenvalue weighted by Gasteiger charge is -2.41. The minimum Gasteiger partial charge on any atom is -0.480 e. The number of likely N-dealkylation sites (tertiary alicyclic amines) is 1. The number of carbonyl (C=O) groups excluding carboxylic acids is 1. The number of likely N-dealkylation sites (N-methyl/N-ethyl adjacent to an activating group) is 1. The fourth-order valence-electron chi connectivity index (χ4n) is 5.23. The van der Waals surface area contributed by atoms with Gasteiger partial charge in [0.05, 0.1) is 6.54 Å². The molecule has 1 N–H and O–H groups in total. The van der Waals surface area contributed by atoms with Gasteiger partial charge in [-0.25, -0.2) is 0 Å². The average Bonchev–Trinajstić information content (AvgIpc) is 2.50. The van der Waals surface area contributed by atoms with Crippen LogP contribution in [0.4, 0.5) is 0 Å². The van der Waals surface area contributed by atoms with E-state index in [1.165, 1.54) is 12.8 Å². The molecule has 25 heavy (non-hydrogen) atoms. The Morgan fingerprint density at radius 2 is 1.84 bits per heavy atom. The minimum atomic E-state index is -0.769. The number of amides is 1. The summed E-state index contributed by atoms with van der Waals surface area (Å²) >= 11 is 0. The summed E-state index contributed by atoms with van der Waals surface area (Å²) in [6.45, 7) is 11.4. The first kappa shape index (κ1) is 20.2. The molecule has 5 nitrogen and oxygen atoms in total. The first-order valence-corrected chi connectivity index (χ1v) is 9.93. The third-order valence-electron chi connectivity index (χ3n) is 6.02. The topological polar surface area (TPSA) is 60.9 Å². The molecule has 0 aromatic heterocycles. The highest BCUT2D eigenvalue weighted by atomic mass is 16.4. The predicted molar refractivity (Wildman–Crippen MR) is 99.4 cm³/mol. The Kier molecular flexibility index (Phi) is 6.89.